The van der Waals surface area contributed by atoms with E-state index in [1.165, 1.54) is 12.1 Å². The summed E-state index contributed by atoms with van der Waals surface area (Å²) in [6.45, 7) is 8.15. The van der Waals surface area contributed by atoms with Crippen LogP contribution in [-0.4, -0.2) is 6.10 Å². The summed E-state index contributed by atoms with van der Waals surface area (Å²) >= 11 is 0. The average Bonchev–Trinajstić information content (AvgIpc) is 2.81. The maximum Gasteiger partial charge on any atom is 0.416 e. The van der Waals surface area contributed by atoms with Crippen LogP contribution in [0.15, 0.2) is 36.9 Å². The van der Waals surface area contributed by atoms with Gasteiger partial charge in [-0.1, -0.05) is 19.9 Å². The van der Waals surface area contributed by atoms with E-state index in [4.69, 9.17) is 4.74 Å². The van der Waals surface area contributed by atoms with E-state index in [9.17, 15) is 13.2 Å². The Bertz CT molecular complexity index is 476. The normalized spacial score (nSPS) is 26.1. The molecule has 2 rings (SSSR count). The van der Waals surface area contributed by atoms with Gasteiger partial charge in [-0.2, -0.15) is 13.2 Å². The predicted molar refractivity (Wildman–Crippen MR) is 77.1 cm³/mol. The van der Waals surface area contributed by atoms with Crippen LogP contribution in [-0.2, 0) is 6.18 Å². The molecule has 1 aliphatic carbocycles. The summed E-state index contributed by atoms with van der Waals surface area (Å²) in [6.07, 6.45) is -0.316. The van der Waals surface area contributed by atoms with Crippen molar-refractivity contribution in [3.8, 4) is 5.75 Å². The third-order valence-corrected chi connectivity index (χ3v) is 4.29. The van der Waals surface area contributed by atoms with Gasteiger partial charge in [-0.3, -0.25) is 0 Å². The summed E-state index contributed by atoms with van der Waals surface area (Å²) in [7, 11) is 0. The maximum absolute atomic E-state index is 12.6. The van der Waals surface area contributed by atoms with Crippen LogP contribution < -0.4 is 4.74 Å². The molecule has 0 saturated heterocycles. The van der Waals surface area contributed by atoms with Gasteiger partial charge >= 0.3 is 6.18 Å². The molecular weight excluding hydrogens is 277 g/mol. The van der Waals surface area contributed by atoms with Crippen LogP contribution in [0.3, 0.4) is 0 Å². The van der Waals surface area contributed by atoms with Crippen molar-refractivity contribution in [3.05, 3.63) is 42.5 Å². The Kier molecular flexibility index (Phi) is 4.64. The molecule has 1 fully saturated rings. The largest absolute Gasteiger partial charge is 0.490 e. The van der Waals surface area contributed by atoms with Gasteiger partial charge in [-0.25, -0.2) is 0 Å². The fourth-order valence-corrected chi connectivity index (χ4v) is 3.05. The van der Waals surface area contributed by atoms with Crippen molar-refractivity contribution in [2.45, 2.75) is 39.0 Å². The minimum Gasteiger partial charge on any atom is -0.490 e. The van der Waals surface area contributed by atoms with Gasteiger partial charge in [0.15, 0.2) is 0 Å². The number of hydrogen-bond acceptors (Lipinski definition) is 1. The van der Waals surface area contributed by atoms with Crippen molar-refractivity contribution < 1.29 is 17.9 Å². The average molecular weight is 298 g/mol. The highest BCUT2D eigenvalue weighted by molar-refractivity contribution is 5.29. The number of halogens is 3. The van der Waals surface area contributed by atoms with E-state index in [2.05, 4.69) is 20.4 Å². The Balaban J connectivity index is 2.13. The topological polar surface area (TPSA) is 9.23 Å². The number of benzene rings is 1. The summed E-state index contributed by atoms with van der Waals surface area (Å²) in [5, 5.41) is 0. The molecule has 1 unspecified atom stereocenters. The lowest BCUT2D eigenvalue weighted by Crippen LogP contribution is -2.30. The number of alkyl halides is 3. The quantitative estimate of drug-likeness (QED) is 0.683. The van der Waals surface area contributed by atoms with E-state index >= 15 is 0 Å². The molecule has 0 bridgehead atoms. The molecule has 116 valence electrons. The number of hydrogen-bond donors (Lipinski definition) is 0. The van der Waals surface area contributed by atoms with E-state index in [-0.39, 0.29) is 12.0 Å². The fourth-order valence-electron chi connectivity index (χ4n) is 3.05. The van der Waals surface area contributed by atoms with E-state index in [0.717, 1.165) is 25.0 Å². The fraction of sp³-hybridized carbons (Fsp3) is 0.529. The molecule has 1 aromatic rings. The highest BCUT2D eigenvalue weighted by Gasteiger charge is 2.38. The molecule has 0 amide bonds. The first-order valence-electron chi connectivity index (χ1n) is 7.29. The Morgan fingerprint density at radius 1 is 1.19 bits per heavy atom. The summed E-state index contributed by atoms with van der Waals surface area (Å²) in [5.41, 5.74) is -0.651. The summed E-state index contributed by atoms with van der Waals surface area (Å²) < 4.78 is 43.6. The molecule has 0 heterocycles. The van der Waals surface area contributed by atoms with Gasteiger partial charge in [-0.15, -0.1) is 6.58 Å². The highest BCUT2D eigenvalue weighted by Crippen LogP contribution is 2.39. The SMILES string of the molecule is C=C[C@@H]1CCC(C(C)C)[C@H]1Oc1ccc(C(F)(F)F)cc1. The van der Waals surface area contributed by atoms with Crippen molar-refractivity contribution >= 4 is 0 Å². The van der Waals surface area contributed by atoms with Gasteiger partial charge in [0.1, 0.15) is 11.9 Å². The molecule has 1 aliphatic rings. The van der Waals surface area contributed by atoms with E-state index in [1.54, 1.807) is 0 Å². The molecule has 3 atom stereocenters. The zero-order valence-electron chi connectivity index (χ0n) is 12.4. The minimum atomic E-state index is -4.31. The standard InChI is InChI=1S/C17H21F3O/c1-4-12-5-10-15(11(2)3)16(12)21-14-8-6-13(7-9-14)17(18,19)20/h4,6-9,11-12,15-16H,1,5,10H2,2-3H3/t12-,15?,16+/m1/s1. The van der Waals surface area contributed by atoms with Crippen LogP contribution in [0.5, 0.6) is 5.75 Å². The van der Waals surface area contributed by atoms with Crippen molar-refractivity contribution in [2.75, 3.05) is 0 Å². The van der Waals surface area contributed by atoms with Crippen molar-refractivity contribution in [1.29, 1.82) is 0 Å². The first-order chi connectivity index (χ1) is 9.82. The Morgan fingerprint density at radius 2 is 1.81 bits per heavy atom. The van der Waals surface area contributed by atoms with Crippen LogP contribution in [0.25, 0.3) is 0 Å². The van der Waals surface area contributed by atoms with Crippen molar-refractivity contribution in [2.24, 2.45) is 17.8 Å². The number of rotatable bonds is 4. The molecule has 0 spiro atoms. The highest BCUT2D eigenvalue weighted by atomic mass is 19.4. The van der Waals surface area contributed by atoms with Crippen LogP contribution in [0.4, 0.5) is 13.2 Å². The third-order valence-electron chi connectivity index (χ3n) is 4.29. The predicted octanol–water partition coefficient (Wildman–Crippen LogP) is 5.32. The van der Waals surface area contributed by atoms with Gasteiger partial charge in [0, 0.05) is 5.92 Å². The van der Waals surface area contributed by atoms with Gasteiger partial charge < -0.3 is 4.74 Å². The molecule has 1 aromatic carbocycles. The molecule has 1 nitrogen and oxygen atoms in total. The number of ether oxygens (including phenoxy) is 1. The monoisotopic (exact) mass is 298 g/mol. The lowest BCUT2D eigenvalue weighted by atomic mass is 9.90. The second kappa shape index (κ2) is 6.12. The van der Waals surface area contributed by atoms with Crippen LogP contribution in [0.1, 0.15) is 32.3 Å². The first kappa shape index (κ1) is 15.9. The molecule has 0 radical (unpaired) electrons. The van der Waals surface area contributed by atoms with Crippen LogP contribution in [0.2, 0.25) is 0 Å². The summed E-state index contributed by atoms with van der Waals surface area (Å²) in [6, 6.07) is 4.94. The maximum atomic E-state index is 12.6. The van der Waals surface area contributed by atoms with Gasteiger partial charge in [-0.05, 0) is 48.9 Å². The Morgan fingerprint density at radius 3 is 2.29 bits per heavy atom. The molecule has 0 aliphatic heterocycles. The molecular formula is C17H21F3O. The third kappa shape index (κ3) is 3.60. The van der Waals surface area contributed by atoms with Crippen LogP contribution in [0, 0.1) is 17.8 Å². The first-order valence-corrected chi connectivity index (χ1v) is 7.29. The van der Waals surface area contributed by atoms with E-state index in [0.29, 0.717) is 17.6 Å². The van der Waals surface area contributed by atoms with Crippen molar-refractivity contribution in [3.63, 3.8) is 0 Å². The van der Waals surface area contributed by atoms with Gasteiger partial charge in [0.2, 0.25) is 0 Å². The van der Waals surface area contributed by atoms with Crippen LogP contribution >= 0.6 is 0 Å². The molecule has 4 heteroatoms. The summed E-state index contributed by atoms with van der Waals surface area (Å²) in [4.78, 5) is 0. The van der Waals surface area contributed by atoms with E-state index in [1.807, 2.05) is 6.08 Å². The zero-order chi connectivity index (χ0) is 15.6. The second-order valence-corrected chi connectivity index (χ2v) is 5.99. The molecule has 21 heavy (non-hydrogen) atoms. The van der Waals surface area contributed by atoms with Crippen molar-refractivity contribution in [1.82, 2.24) is 0 Å². The minimum absolute atomic E-state index is 0.000707. The Labute approximate surface area is 123 Å². The lowest BCUT2D eigenvalue weighted by molar-refractivity contribution is -0.137. The molecule has 1 saturated carbocycles. The van der Waals surface area contributed by atoms with Gasteiger partial charge in [0.25, 0.3) is 0 Å². The second-order valence-electron chi connectivity index (χ2n) is 5.99. The smallest absolute Gasteiger partial charge is 0.416 e. The lowest BCUT2D eigenvalue weighted by Gasteiger charge is -2.27. The van der Waals surface area contributed by atoms with E-state index < -0.39 is 11.7 Å². The zero-order valence-corrected chi connectivity index (χ0v) is 12.4. The Hall–Kier alpha value is -1.45. The summed E-state index contributed by atoms with van der Waals surface area (Å²) in [5.74, 6) is 1.65. The molecule has 0 aromatic heterocycles. The van der Waals surface area contributed by atoms with Gasteiger partial charge in [0.05, 0.1) is 5.56 Å². The molecule has 0 N–H and O–H groups in total.